The molecule has 1 aliphatic rings. The molecule has 0 radical (unpaired) electrons. The van der Waals surface area contributed by atoms with E-state index in [0.717, 1.165) is 13.0 Å². The molecule has 2 unspecified atom stereocenters. The normalized spacial score (nSPS) is 26.4. The highest BCUT2D eigenvalue weighted by atomic mass is 16.5. The molecule has 1 amide bonds. The lowest BCUT2D eigenvalue weighted by molar-refractivity contribution is -0.123. The summed E-state index contributed by atoms with van der Waals surface area (Å²) in [6.07, 6.45) is 0.918. The van der Waals surface area contributed by atoms with Crippen molar-refractivity contribution in [3.63, 3.8) is 0 Å². The summed E-state index contributed by atoms with van der Waals surface area (Å²) in [6.45, 7) is 15.2. The zero-order valence-electron chi connectivity index (χ0n) is 13.5. The first-order valence-corrected chi connectivity index (χ1v) is 7.27. The van der Waals surface area contributed by atoms with Crippen LogP contribution in [0.5, 0.6) is 0 Å². The minimum atomic E-state index is -0.240. The molecule has 2 N–H and O–H groups in total. The smallest absolute Gasteiger partial charge is 0.236 e. The third-order valence-corrected chi connectivity index (χ3v) is 3.60. The van der Waals surface area contributed by atoms with E-state index in [-0.39, 0.29) is 29.2 Å². The van der Waals surface area contributed by atoms with E-state index < -0.39 is 0 Å². The molecule has 0 aromatic rings. The van der Waals surface area contributed by atoms with Crippen molar-refractivity contribution in [3.8, 4) is 0 Å². The van der Waals surface area contributed by atoms with E-state index in [2.05, 4.69) is 52.2 Å². The molecule has 1 aliphatic heterocycles. The maximum absolute atomic E-state index is 12.0. The van der Waals surface area contributed by atoms with Gasteiger partial charge in [-0.2, -0.15) is 0 Å². The minimum Gasteiger partial charge on any atom is -0.368 e. The Bertz CT molecular complexity index is 324. The van der Waals surface area contributed by atoms with Crippen LogP contribution in [0.4, 0.5) is 0 Å². The number of hydrogen-bond donors (Lipinski definition) is 2. The van der Waals surface area contributed by atoms with Gasteiger partial charge in [-0.15, -0.1) is 0 Å². The van der Waals surface area contributed by atoms with Gasteiger partial charge in [-0.1, -0.05) is 13.8 Å². The summed E-state index contributed by atoms with van der Waals surface area (Å²) >= 11 is 0. The van der Waals surface area contributed by atoms with Crippen molar-refractivity contribution >= 4 is 5.91 Å². The minimum absolute atomic E-state index is 0.0641. The first kappa shape index (κ1) is 16.4. The molecule has 0 aliphatic carbocycles. The predicted octanol–water partition coefficient (Wildman–Crippen LogP) is 2.08. The lowest BCUT2D eigenvalue weighted by Crippen LogP contribution is -2.52. The molecule has 1 saturated heterocycles. The molecule has 0 bridgehead atoms. The zero-order chi connectivity index (χ0) is 14.8. The van der Waals surface area contributed by atoms with Crippen molar-refractivity contribution in [2.75, 3.05) is 6.54 Å². The molecule has 0 aromatic heterocycles. The van der Waals surface area contributed by atoms with Crippen LogP contribution in [0.1, 0.15) is 54.9 Å². The van der Waals surface area contributed by atoms with E-state index in [9.17, 15) is 4.79 Å². The van der Waals surface area contributed by atoms with Gasteiger partial charge in [0.15, 0.2) is 0 Å². The molecule has 2 atom stereocenters. The molecule has 4 nitrogen and oxygen atoms in total. The number of carbonyl (C=O) groups excluding carboxylic acids is 1. The van der Waals surface area contributed by atoms with Crippen LogP contribution in [0.15, 0.2) is 0 Å². The second-order valence-electron chi connectivity index (χ2n) is 7.25. The number of amides is 1. The molecule has 0 aromatic carbocycles. The first-order chi connectivity index (χ1) is 8.53. The van der Waals surface area contributed by atoms with E-state index in [1.807, 2.05) is 6.92 Å². The van der Waals surface area contributed by atoms with Crippen molar-refractivity contribution in [2.45, 2.75) is 78.2 Å². The van der Waals surface area contributed by atoms with Gasteiger partial charge in [-0.3, -0.25) is 4.79 Å². The molecule has 1 heterocycles. The fourth-order valence-corrected chi connectivity index (χ4v) is 2.66. The van der Waals surface area contributed by atoms with E-state index in [0.29, 0.717) is 5.92 Å². The molecular formula is C15H30N2O2. The van der Waals surface area contributed by atoms with Crippen LogP contribution in [0.3, 0.4) is 0 Å². The monoisotopic (exact) mass is 270 g/mol. The molecule has 0 saturated carbocycles. The van der Waals surface area contributed by atoms with E-state index in [1.165, 1.54) is 0 Å². The van der Waals surface area contributed by atoms with Gasteiger partial charge < -0.3 is 15.4 Å². The van der Waals surface area contributed by atoms with Gasteiger partial charge in [0.05, 0.1) is 17.2 Å². The third kappa shape index (κ3) is 4.77. The van der Waals surface area contributed by atoms with Gasteiger partial charge in [0.1, 0.15) is 0 Å². The predicted molar refractivity (Wildman–Crippen MR) is 78.1 cm³/mol. The van der Waals surface area contributed by atoms with Gasteiger partial charge >= 0.3 is 0 Å². The van der Waals surface area contributed by atoms with Crippen molar-refractivity contribution < 1.29 is 9.53 Å². The van der Waals surface area contributed by atoms with E-state index >= 15 is 0 Å². The largest absolute Gasteiger partial charge is 0.368 e. The summed E-state index contributed by atoms with van der Waals surface area (Å²) in [5, 5.41) is 6.37. The topological polar surface area (TPSA) is 50.4 Å². The number of rotatable bonds is 5. The summed E-state index contributed by atoms with van der Waals surface area (Å²) in [4.78, 5) is 12.0. The molecule has 1 fully saturated rings. The summed E-state index contributed by atoms with van der Waals surface area (Å²) in [5.41, 5.74) is -0.370. The third-order valence-electron chi connectivity index (χ3n) is 3.60. The zero-order valence-corrected chi connectivity index (χ0v) is 13.5. The van der Waals surface area contributed by atoms with Crippen molar-refractivity contribution in [2.24, 2.45) is 5.92 Å². The van der Waals surface area contributed by atoms with Crippen LogP contribution in [0.25, 0.3) is 0 Å². The standard InChI is InChI=1S/C15H30N2O2/c1-10(2)9-16-13(18)11(3)17-12-8-14(4,5)19-15(12,6)7/h10-12,17H,8-9H2,1-7H3,(H,16,18). The summed E-state index contributed by atoms with van der Waals surface area (Å²) in [6, 6.07) is 0.00262. The van der Waals surface area contributed by atoms with Crippen LogP contribution in [-0.2, 0) is 9.53 Å². The summed E-state index contributed by atoms with van der Waals surface area (Å²) < 4.78 is 6.03. The average molecular weight is 270 g/mol. The molecule has 112 valence electrons. The Labute approximate surface area is 117 Å². The number of carbonyl (C=O) groups is 1. The second-order valence-corrected chi connectivity index (χ2v) is 7.25. The number of nitrogens with one attached hydrogen (secondary N) is 2. The highest BCUT2D eigenvalue weighted by molar-refractivity contribution is 5.81. The molecule has 1 rings (SSSR count). The molecular weight excluding hydrogens is 240 g/mol. The Kier molecular flexibility index (Phi) is 5.02. The molecule has 19 heavy (non-hydrogen) atoms. The maximum Gasteiger partial charge on any atom is 0.236 e. The number of hydrogen-bond acceptors (Lipinski definition) is 3. The van der Waals surface area contributed by atoms with Crippen LogP contribution in [0.2, 0.25) is 0 Å². The SMILES string of the molecule is CC(C)CNC(=O)C(C)NC1CC(C)(C)OC1(C)C. The number of ether oxygens (including phenoxy) is 1. The van der Waals surface area contributed by atoms with Gasteiger partial charge in [-0.05, 0) is 47.0 Å². The van der Waals surface area contributed by atoms with Crippen LogP contribution in [-0.4, -0.2) is 35.7 Å². The van der Waals surface area contributed by atoms with Gasteiger partial charge in [0.2, 0.25) is 5.91 Å². The van der Waals surface area contributed by atoms with Crippen molar-refractivity contribution in [3.05, 3.63) is 0 Å². The second kappa shape index (κ2) is 5.80. The maximum atomic E-state index is 12.0. The van der Waals surface area contributed by atoms with Crippen LogP contribution < -0.4 is 10.6 Å². The Morgan fingerprint density at radius 1 is 1.26 bits per heavy atom. The highest BCUT2D eigenvalue weighted by Gasteiger charge is 2.46. The van der Waals surface area contributed by atoms with Crippen molar-refractivity contribution in [1.29, 1.82) is 0 Å². The van der Waals surface area contributed by atoms with Gasteiger partial charge in [0, 0.05) is 12.6 Å². The van der Waals surface area contributed by atoms with E-state index in [4.69, 9.17) is 4.74 Å². The average Bonchev–Trinajstić information content (AvgIpc) is 2.42. The van der Waals surface area contributed by atoms with E-state index in [1.54, 1.807) is 0 Å². The Morgan fingerprint density at radius 2 is 1.84 bits per heavy atom. The summed E-state index contributed by atoms with van der Waals surface area (Å²) in [7, 11) is 0. The fraction of sp³-hybridized carbons (Fsp3) is 0.933. The Morgan fingerprint density at radius 3 is 2.26 bits per heavy atom. The Balaban J connectivity index is 2.52. The van der Waals surface area contributed by atoms with Crippen molar-refractivity contribution in [1.82, 2.24) is 10.6 Å². The lowest BCUT2D eigenvalue weighted by atomic mass is 9.94. The molecule has 0 spiro atoms. The van der Waals surface area contributed by atoms with Gasteiger partial charge in [-0.25, -0.2) is 0 Å². The van der Waals surface area contributed by atoms with Gasteiger partial charge in [0.25, 0.3) is 0 Å². The Hall–Kier alpha value is -0.610. The van der Waals surface area contributed by atoms with Crippen LogP contribution >= 0.6 is 0 Å². The fourth-order valence-electron chi connectivity index (χ4n) is 2.66. The highest BCUT2D eigenvalue weighted by Crippen LogP contribution is 2.37. The summed E-state index contributed by atoms with van der Waals surface area (Å²) in [5.74, 6) is 0.538. The quantitative estimate of drug-likeness (QED) is 0.804. The van der Waals surface area contributed by atoms with Crippen LogP contribution in [0, 0.1) is 5.92 Å². The molecule has 4 heteroatoms. The first-order valence-electron chi connectivity index (χ1n) is 7.27. The lowest BCUT2D eigenvalue weighted by Gasteiger charge is -2.29.